The zero-order chi connectivity index (χ0) is 20.9. The van der Waals surface area contributed by atoms with Crippen molar-refractivity contribution in [3.8, 4) is 6.07 Å². The summed E-state index contributed by atoms with van der Waals surface area (Å²) in [5.41, 5.74) is -2.93. The molecule has 1 aromatic heterocycles. The first-order valence-corrected chi connectivity index (χ1v) is 8.54. The van der Waals surface area contributed by atoms with Crippen LogP contribution in [-0.2, 0) is 15.7 Å². The number of oxazole rings is 1. The Morgan fingerprint density at radius 3 is 2.68 bits per heavy atom. The maximum absolute atomic E-state index is 13.2. The van der Waals surface area contributed by atoms with E-state index in [1.165, 1.54) is 17.9 Å². The van der Waals surface area contributed by atoms with Gasteiger partial charge in [0.15, 0.2) is 17.4 Å². The highest BCUT2D eigenvalue weighted by atomic mass is 19.4. The van der Waals surface area contributed by atoms with Gasteiger partial charge in [0.25, 0.3) is 5.91 Å². The van der Waals surface area contributed by atoms with Crippen molar-refractivity contribution in [1.29, 1.82) is 5.26 Å². The van der Waals surface area contributed by atoms with Gasteiger partial charge in [0.1, 0.15) is 11.7 Å². The van der Waals surface area contributed by atoms with Crippen molar-refractivity contribution < 1.29 is 31.9 Å². The summed E-state index contributed by atoms with van der Waals surface area (Å²) in [7, 11) is 0. The molecule has 0 aromatic carbocycles. The van der Waals surface area contributed by atoms with E-state index in [1.54, 1.807) is 13.8 Å². The molecule has 1 saturated heterocycles. The minimum atomic E-state index is -4.86. The van der Waals surface area contributed by atoms with E-state index in [0.29, 0.717) is 0 Å². The van der Waals surface area contributed by atoms with Crippen molar-refractivity contribution in [3.63, 3.8) is 0 Å². The van der Waals surface area contributed by atoms with Crippen LogP contribution in [-0.4, -0.2) is 46.9 Å². The van der Waals surface area contributed by atoms with Crippen LogP contribution in [0.3, 0.4) is 0 Å². The molecule has 1 aromatic rings. The van der Waals surface area contributed by atoms with E-state index in [1.807, 2.05) is 6.07 Å². The molecule has 7 nitrogen and oxygen atoms in total. The lowest BCUT2D eigenvalue weighted by Crippen LogP contribution is -2.57. The zero-order valence-corrected chi connectivity index (χ0v) is 15.5. The van der Waals surface area contributed by atoms with Gasteiger partial charge in [-0.2, -0.15) is 18.4 Å². The summed E-state index contributed by atoms with van der Waals surface area (Å²) in [5.74, 6) is -2.98. The Labute approximate surface area is 158 Å². The Balaban J connectivity index is 1.95. The minimum absolute atomic E-state index is 0.0450. The standard InChI is InChI=1S/C18H18F3N3O4/c1-10-23-12(14(28-10)18(19,20)21)15(26)24-4-5-27-17(9-24)6-11(7-22)13(25)16(2,3)8-17/h6H,4-5,8-9H2,1-3H3. The van der Waals surface area contributed by atoms with Gasteiger partial charge in [-0.1, -0.05) is 13.8 Å². The van der Waals surface area contributed by atoms with E-state index in [4.69, 9.17) is 4.74 Å². The number of ketones is 1. The highest BCUT2D eigenvalue weighted by molar-refractivity contribution is 6.04. The predicted octanol–water partition coefficient (Wildman–Crippen LogP) is 2.66. The number of alkyl halides is 3. The van der Waals surface area contributed by atoms with E-state index >= 15 is 0 Å². The number of carbonyl (C=O) groups excluding carboxylic acids is 2. The summed E-state index contributed by atoms with van der Waals surface area (Å²) in [6, 6.07) is 1.84. The molecule has 10 heteroatoms. The Morgan fingerprint density at radius 2 is 2.07 bits per heavy atom. The van der Waals surface area contributed by atoms with E-state index in [9.17, 15) is 28.0 Å². The lowest BCUT2D eigenvalue weighted by atomic mass is 9.69. The summed E-state index contributed by atoms with van der Waals surface area (Å²) < 4.78 is 49.9. The maximum atomic E-state index is 13.2. The molecule has 0 N–H and O–H groups in total. The number of nitrogens with zero attached hydrogens (tertiary/aromatic N) is 3. The monoisotopic (exact) mass is 397 g/mol. The molecule has 1 spiro atoms. The topological polar surface area (TPSA) is 96.4 Å². The number of rotatable bonds is 1. The average Bonchev–Trinajstić information content (AvgIpc) is 2.99. The number of hydrogen-bond donors (Lipinski definition) is 0. The van der Waals surface area contributed by atoms with Crippen LogP contribution in [0.25, 0.3) is 0 Å². The Hall–Kier alpha value is -2.67. The molecule has 0 radical (unpaired) electrons. The molecule has 2 aliphatic rings. The third-order valence-electron chi connectivity index (χ3n) is 4.82. The number of aromatic nitrogens is 1. The second kappa shape index (κ2) is 6.44. The molecule has 1 aliphatic carbocycles. The lowest BCUT2D eigenvalue weighted by molar-refractivity contribution is -0.154. The van der Waals surface area contributed by atoms with Crippen LogP contribution in [0, 0.1) is 23.7 Å². The minimum Gasteiger partial charge on any atom is -0.436 e. The molecule has 1 atom stereocenters. The van der Waals surface area contributed by atoms with Gasteiger partial charge in [0.05, 0.1) is 18.7 Å². The largest absolute Gasteiger partial charge is 0.452 e. The average molecular weight is 397 g/mol. The number of morpholine rings is 1. The first-order chi connectivity index (χ1) is 12.9. The number of Topliss-reactive ketones (excluding diaryl/α,β-unsaturated/α-hetero) is 1. The SMILES string of the molecule is Cc1nc(C(=O)N2CCOC3(C=C(C#N)C(=O)C(C)(C)C3)C2)c(C(F)(F)F)o1. The van der Waals surface area contributed by atoms with Crippen LogP contribution in [0.15, 0.2) is 16.1 Å². The van der Waals surface area contributed by atoms with Crippen LogP contribution in [0.4, 0.5) is 13.2 Å². The van der Waals surface area contributed by atoms with Crippen molar-refractivity contribution in [2.45, 2.75) is 39.0 Å². The van der Waals surface area contributed by atoms with Crippen molar-refractivity contribution in [3.05, 3.63) is 29.0 Å². The second-order valence-corrected chi connectivity index (χ2v) is 7.61. The van der Waals surface area contributed by atoms with E-state index < -0.39 is 34.6 Å². The lowest BCUT2D eigenvalue weighted by Gasteiger charge is -2.46. The molecule has 1 fully saturated rings. The fourth-order valence-corrected chi connectivity index (χ4v) is 3.74. The Morgan fingerprint density at radius 1 is 1.39 bits per heavy atom. The first kappa shape index (κ1) is 20.1. The smallest absolute Gasteiger partial charge is 0.436 e. The summed E-state index contributed by atoms with van der Waals surface area (Å²) in [6.07, 6.45) is -3.29. The molecule has 1 unspecified atom stereocenters. The Kier molecular flexibility index (Phi) is 4.62. The van der Waals surface area contributed by atoms with Gasteiger partial charge >= 0.3 is 6.18 Å². The summed E-state index contributed by atoms with van der Waals surface area (Å²) >= 11 is 0. The molecule has 3 rings (SSSR count). The van der Waals surface area contributed by atoms with E-state index in [0.717, 1.165) is 0 Å². The number of halogens is 3. The van der Waals surface area contributed by atoms with Gasteiger partial charge in [0, 0.05) is 18.9 Å². The number of hydrogen-bond acceptors (Lipinski definition) is 6. The molecule has 1 aliphatic heterocycles. The molecular weight excluding hydrogens is 379 g/mol. The quantitative estimate of drug-likeness (QED) is 0.723. The molecule has 0 bridgehead atoms. The van der Waals surface area contributed by atoms with E-state index in [-0.39, 0.29) is 43.4 Å². The summed E-state index contributed by atoms with van der Waals surface area (Å²) in [4.78, 5) is 29.9. The highest BCUT2D eigenvalue weighted by Crippen LogP contribution is 2.41. The number of amides is 1. The van der Waals surface area contributed by atoms with Gasteiger partial charge < -0.3 is 14.1 Å². The van der Waals surface area contributed by atoms with Gasteiger partial charge in [-0.25, -0.2) is 4.98 Å². The number of aryl methyl sites for hydroxylation is 1. The molecular formula is C18H18F3N3O4. The molecule has 28 heavy (non-hydrogen) atoms. The van der Waals surface area contributed by atoms with Crippen molar-refractivity contribution >= 4 is 11.7 Å². The number of allylic oxidation sites excluding steroid dienone is 1. The van der Waals surface area contributed by atoms with Crippen LogP contribution < -0.4 is 0 Å². The fraction of sp³-hybridized carbons (Fsp3) is 0.556. The predicted molar refractivity (Wildman–Crippen MR) is 87.9 cm³/mol. The van der Waals surface area contributed by atoms with Crippen molar-refractivity contribution in [2.75, 3.05) is 19.7 Å². The zero-order valence-electron chi connectivity index (χ0n) is 15.5. The van der Waals surface area contributed by atoms with Gasteiger partial charge in [-0.05, 0) is 12.5 Å². The Bertz CT molecular complexity index is 910. The van der Waals surface area contributed by atoms with Gasteiger partial charge in [-0.15, -0.1) is 0 Å². The fourth-order valence-electron chi connectivity index (χ4n) is 3.74. The maximum Gasteiger partial charge on any atom is 0.452 e. The normalized spacial score (nSPS) is 24.8. The number of ether oxygens (including phenoxy) is 1. The van der Waals surface area contributed by atoms with Crippen LogP contribution in [0.2, 0.25) is 0 Å². The van der Waals surface area contributed by atoms with Crippen LogP contribution >= 0.6 is 0 Å². The van der Waals surface area contributed by atoms with Gasteiger partial charge in [-0.3, -0.25) is 9.59 Å². The number of nitriles is 1. The molecule has 2 heterocycles. The number of carbonyl (C=O) groups is 2. The second-order valence-electron chi connectivity index (χ2n) is 7.61. The van der Waals surface area contributed by atoms with Gasteiger partial charge in [0.2, 0.25) is 5.76 Å². The summed E-state index contributed by atoms with van der Waals surface area (Å²) in [6.45, 7) is 4.54. The summed E-state index contributed by atoms with van der Waals surface area (Å²) in [5, 5.41) is 9.27. The van der Waals surface area contributed by atoms with Crippen molar-refractivity contribution in [1.82, 2.24) is 9.88 Å². The highest BCUT2D eigenvalue weighted by Gasteiger charge is 2.50. The van der Waals surface area contributed by atoms with Crippen LogP contribution in [0.1, 0.15) is 42.4 Å². The van der Waals surface area contributed by atoms with Crippen molar-refractivity contribution in [2.24, 2.45) is 5.41 Å². The van der Waals surface area contributed by atoms with Crippen LogP contribution in [0.5, 0.6) is 0 Å². The van der Waals surface area contributed by atoms with E-state index in [2.05, 4.69) is 9.40 Å². The third kappa shape index (κ3) is 3.42. The molecule has 1 amide bonds. The molecule has 150 valence electrons. The first-order valence-electron chi connectivity index (χ1n) is 8.54. The molecule has 0 saturated carbocycles. The third-order valence-corrected chi connectivity index (χ3v) is 4.82.